The van der Waals surface area contributed by atoms with Gasteiger partial charge in [-0.25, -0.2) is 13.1 Å². The van der Waals surface area contributed by atoms with Crippen LogP contribution in [0.4, 0.5) is 0 Å². The monoisotopic (exact) mass is 193 g/mol. The fourth-order valence-electron chi connectivity index (χ4n) is 1.11. The molecule has 0 atom stereocenters. The molecular weight excluding hydrogens is 178 g/mol. The summed E-state index contributed by atoms with van der Waals surface area (Å²) in [6, 6.07) is 0. The molecular formula is C7H15NO3S. The van der Waals surface area contributed by atoms with Crippen LogP contribution in [0.2, 0.25) is 0 Å². The van der Waals surface area contributed by atoms with Crippen molar-refractivity contribution in [2.75, 3.05) is 12.3 Å². The second-order valence-electron chi connectivity index (χ2n) is 3.30. The first kappa shape index (κ1) is 9.95. The second-order valence-corrected chi connectivity index (χ2v) is 5.40. The van der Waals surface area contributed by atoms with Crippen LogP contribution in [0.3, 0.4) is 0 Å². The Morgan fingerprint density at radius 3 is 2.42 bits per heavy atom. The van der Waals surface area contributed by atoms with Crippen LogP contribution >= 0.6 is 0 Å². The largest absolute Gasteiger partial charge is 0.389 e. The van der Waals surface area contributed by atoms with E-state index in [2.05, 4.69) is 4.72 Å². The molecule has 0 radical (unpaired) electrons. The topological polar surface area (TPSA) is 66.4 Å². The van der Waals surface area contributed by atoms with Gasteiger partial charge in [-0.15, -0.1) is 0 Å². The van der Waals surface area contributed by atoms with Crippen molar-refractivity contribution >= 4 is 10.0 Å². The van der Waals surface area contributed by atoms with E-state index in [0.717, 1.165) is 6.42 Å². The molecule has 4 nitrogen and oxygen atoms in total. The third-order valence-corrected chi connectivity index (χ3v) is 3.63. The molecule has 5 heteroatoms. The average Bonchev–Trinajstić information content (AvgIpc) is 1.98. The van der Waals surface area contributed by atoms with E-state index in [1.165, 1.54) is 0 Å². The maximum atomic E-state index is 11.0. The van der Waals surface area contributed by atoms with Crippen LogP contribution in [-0.2, 0) is 10.0 Å². The normalized spacial score (nSPS) is 21.8. The van der Waals surface area contributed by atoms with E-state index in [1.54, 1.807) is 6.92 Å². The first-order valence-electron chi connectivity index (χ1n) is 4.17. The summed E-state index contributed by atoms with van der Waals surface area (Å²) < 4.78 is 24.3. The van der Waals surface area contributed by atoms with E-state index in [0.29, 0.717) is 12.8 Å². The average molecular weight is 193 g/mol. The zero-order chi connectivity index (χ0) is 9.24. The highest BCUT2D eigenvalue weighted by Crippen LogP contribution is 2.30. The summed E-state index contributed by atoms with van der Waals surface area (Å²) in [4.78, 5) is 0. The van der Waals surface area contributed by atoms with Crippen molar-refractivity contribution in [2.45, 2.75) is 31.8 Å². The molecule has 0 unspecified atom stereocenters. The van der Waals surface area contributed by atoms with Gasteiger partial charge in [-0.05, 0) is 26.2 Å². The standard InChI is InChI=1S/C7H15NO3S/c1-2-12(10,11)8-6-7(9)4-3-5-7/h8-9H,2-6H2,1H3. The minimum atomic E-state index is -3.14. The van der Waals surface area contributed by atoms with Crippen molar-refractivity contribution in [1.82, 2.24) is 4.72 Å². The third-order valence-electron chi connectivity index (χ3n) is 2.29. The number of nitrogens with one attached hydrogen (secondary N) is 1. The maximum absolute atomic E-state index is 11.0. The summed E-state index contributed by atoms with van der Waals surface area (Å²) in [5.41, 5.74) is -0.762. The van der Waals surface area contributed by atoms with E-state index < -0.39 is 15.6 Å². The number of sulfonamides is 1. The molecule has 2 N–H and O–H groups in total. The van der Waals surface area contributed by atoms with Gasteiger partial charge in [-0.1, -0.05) is 0 Å². The SMILES string of the molecule is CCS(=O)(=O)NCC1(O)CCC1. The van der Waals surface area contributed by atoms with Crippen LogP contribution in [0.25, 0.3) is 0 Å². The number of rotatable bonds is 4. The predicted molar refractivity (Wildman–Crippen MR) is 46.3 cm³/mol. The Morgan fingerprint density at radius 2 is 2.08 bits per heavy atom. The first-order valence-corrected chi connectivity index (χ1v) is 5.82. The molecule has 1 aliphatic carbocycles. The summed E-state index contributed by atoms with van der Waals surface area (Å²) in [5, 5.41) is 9.54. The Kier molecular flexibility index (Phi) is 2.75. The molecule has 1 rings (SSSR count). The van der Waals surface area contributed by atoms with E-state index in [9.17, 15) is 13.5 Å². The van der Waals surface area contributed by atoms with Gasteiger partial charge in [-0.3, -0.25) is 0 Å². The van der Waals surface area contributed by atoms with E-state index in [4.69, 9.17) is 0 Å². The Bertz CT molecular complexity index is 243. The van der Waals surface area contributed by atoms with Crippen molar-refractivity contribution in [3.05, 3.63) is 0 Å². The Morgan fingerprint density at radius 1 is 1.50 bits per heavy atom. The molecule has 1 saturated carbocycles. The smallest absolute Gasteiger partial charge is 0.211 e. The minimum absolute atomic E-state index is 0.0725. The molecule has 0 aromatic heterocycles. The van der Waals surface area contributed by atoms with Gasteiger partial charge < -0.3 is 5.11 Å². The molecule has 0 amide bonds. The molecule has 0 saturated heterocycles. The minimum Gasteiger partial charge on any atom is -0.389 e. The molecule has 1 aliphatic rings. The zero-order valence-corrected chi connectivity index (χ0v) is 8.02. The van der Waals surface area contributed by atoms with Crippen molar-refractivity contribution in [3.8, 4) is 0 Å². The maximum Gasteiger partial charge on any atom is 0.211 e. The number of aliphatic hydroxyl groups is 1. The molecule has 72 valence electrons. The van der Waals surface area contributed by atoms with Gasteiger partial charge in [0.1, 0.15) is 0 Å². The summed E-state index contributed by atoms with van der Waals surface area (Å²) in [6.45, 7) is 1.75. The van der Waals surface area contributed by atoms with Crippen LogP contribution < -0.4 is 4.72 Å². The van der Waals surface area contributed by atoms with Crippen molar-refractivity contribution in [2.24, 2.45) is 0 Å². The second kappa shape index (κ2) is 3.32. The van der Waals surface area contributed by atoms with Crippen molar-refractivity contribution < 1.29 is 13.5 Å². The Labute approximate surface area is 73.0 Å². The van der Waals surface area contributed by atoms with Crippen LogP contribution in [0.1, 0.15) is 26.2 Å². The number of hydrogen-bond acceptors (Lipinski definition) is 3. The molecule has 0 aromatic carbocycles. The van der Waals surface area contributed by atoms with Crippen LogP contribution in [-0.4, -0.2) is 31.4 Å². The van der Waals surface area contributed by atoms with Gasteiger partial charge in [-0.2, -0.15) is 0 Å². The molecule has 0 spiro atoms. The van der Waals surface area contributed by atoms with Crippen LogP contribution in [0, 0.1) is 0 Å². The lowest BCUT2D eigenvalue weighted by atomic mass is 9.81. The summed E-state index contributed by atoms with van der Waals surface area (Å²) >= 11 is 0. The summed E-state index contributed by atoms with van der Waals surface area (Å²) in [5.74, 6) is 0.0725. The summed E-state index contributed by atoms with van der Waals surface area (Å²) in [6.07, 6.45) is 2.41. The van der Waals surface area contributed by atoms with Gasteiger partial charge in [0.15, 0.2) is 0 Å². The van der Waals surface area contributed by atoms with Gasteiger partial charge in [0.25, 0.3) is 0 Å². The predicted octanol–water partition coefficient (Wildman–Crippen LogP) is -0.159. The van der Waals surface area contributed by atoms with Gasteiger partial charge in [0.2, 0.25) is 10.0 Å². The molecule has 0 aromatic rings. The molecule has 0 bridgehead atoms. The fourth-order valence-corrected chi connectivity index (χ4v) is 1.80. The highest BCUT2D eigenvalue weighted by Gasteiger charge is 2.34. The molecule has 1 fully saturated rings. The fraction of sp³-hybridized carbons (Fsp3) is 1.00. The third kappa shape index (κ3) is 2.43. The van der Waals surface area contributed by atoms with Crippen molar-refractivity contribution in [3.63, 3.8) is 0 Å². The lowest BCUT2D eigenvalue weighted by Crippen LogP contribution is -2.48. The zero-order valence-electron chi connectivity index (χ0n) is 7.21. The molecule has 0 aliphatic heterocycles. The van der Waals surface area contributed by atoms with Crippen molar-refractivity contribution in [1.29, 1.82) is 0 Å². The lowest BCUT2D eigenvalue weighted by Gasteiger charge is -2.36. The quantitative estimate of drug-likeness (QED) is 0.652. The Hall–Kier alpha value is -0.130. The van der Waals surface area contributed by atoms with Gasteiger partial charge >= 0.3 is 0 Å². The van der Waals surface area contributed by atoms with Gasteiger partial charge in [0.05, 0.1) is 11.4 Å². The lowest BCUT2D eigenvalue weighted by molar-refractivity contribution is -0.0270. The van der Waals surface area contributed by atoms with Crippen LogP contribution in [0.15, 0.2) is 0 Å². The highest BCUT2D eigenvalue weighted by atomic mass is 32.2. The van der Waals surface area contributed by atoms with E-state index in [1.807, 2.05) is 0 Å². The Balaban J connectivity index is 2.35. The molecule has 12 heavy (non-hydrogen) atoms. The highest BCUT2D eigenvalue weighted by molar-refractivity contribution is 7.89. The number of hydrogen-bond donors (Lipinski definition) is 2. The van der Waals surface area contributed by atoms with Gasteiger partial charge in [0, 0.05) is 6.54 Å². The first-order chi connectivity index (χ1) is 5.47. The summed E-state index contributed by atoms with van der Waals surface area (Å²) in [7, 11) is -3.14. The molecule has 0 heterocycles. The van der Waals surface area contributed by atoms with Crippen LogP contribution in [0.5, 0.6) is 0 Å². The van der Waals surface area contributed by atoms with E-state index >= 15 is 0 Å². The van der Waals surface area contributed by atoms with E-state index in [-0.39, 0.29) is 12.3 Å².